The van der Waals surface area contributed by atoms with Gasteiger partial charge in [-0.2, -0.15) is 8.42 Å². The third-order valence-electron chi connectivity index (χ3n) is 6.28. The molecule has 0 spiro atoms. The molecule has 9 heteroatoms. The summed E-state index contributed by atoms with van der Waals surface area (Å²) in [4.78, 5) is 24.2. The van der Waals surface area contributed by atoms with Crippen LogP contribution in [0, 0.1) is 20.8 Å². The molecule has 3 aromatic rings. The number of hydrogen-bond donors (Lipinski definition) is 0. The number of rotatable bonds is 8. The molecule has 0 saturated carbocycles. The van der Waals surface area contributed by atoms with Crippen LogP contribution in [0.15, 0.2) is 53.4 Å². The van der Waals surface area contributed by atoms with E-state index in [0.717, 1.165) is 11.1 Å². The van der Waals surface area contributed by atoms with Crippen LogP contribution in [0.5, 0.6) is 11.5 Å². The van der Waals surface area contributed by atoms with Gasteiger partial charge in [0.1, 0.15) is 22.8 Å². The van der Waals surface area contributed by atoms with Gasteiger partial charge >= 0.3 is 16.1 Å². The maximum atomic E-state index is 13.2. The first kappa shape index (κ1) is 26.0. The molecule has 3 aromatic carbocycles. The fourth-order valence-electron chi connectivity index (χ4n) is 4.34. The zero-order chi connectivity index (χ0) is 26.9. The molecule has 37 heavy (non-hydrogen) atoms. The highest BCUT2D eigenvalue weighted by Gasteiger charge is 2.35. The molecule has 0 saturated heterocycles. The normalized spacial score (nSPS) is 12.9. The summed E-state index contributed by atoms with van der Waals surface area (Å²) in [5.74, 6) is -1.83. The van der Waals surface area contributed by atoms with Gasteiger partial charge in [-0.3, -0.25) is 0 Å². The fraction of sp³-hybridized carbons (Fsp3) is 0.214. The predicted octanol–water partition coefficient (Wildman–Crippen LogP) is 3.68. The number of carboxylic acid groups (broad SMARTS) is 1. The molecule has 0 amide bonds. The van der Waals surface area contributed by atoms with Crippen molar-refractivity contribution in [3.05, 3.63) is 93.0 Å². The molecular weight excluding hydrogens is 496 g/mol. The molecule has 0 N–H and O–H groups in total. The van der Waals surface area contributed by atoms with Crippen molar-refractivity contribution in [3.63, 3.8) is 0 Å². The number of fused-ring (bicyclic) bond motifs is 1. The largest absolute Gasteiger partial charge is 0.545 e. The summed E-state index contributed by atoms with van der Waals surface area (Å²) in [5, 5.41) is 11.6. The highest BCUT2D eigenvalue weighted by atomic mass is 32.2. The predicted molar refractivity (Wildman–Crippen MR) is 134 cm³/mol. The van der Waals surface area contributed by atoms with E-state index in [1.165, 1.54) is 25.3 Å². The van der Waals surface area contributed by atoms with Crippen LogP contribution in [0.3, 0.4) is 0 Å². The van der Waals surface area contributed by atoms with Crippen molar-refractivity contribution >= 4 is 28.1 Å². The van der Waals surface area contributed by atoms with Gasteiger partial charge in [0, 0.05) is 16.7 Å². The summed E-state index contributed by atoms with van der Waals surface area (Å²) in [5.41, 5.74) is 3.52. The zero-order valence-corrected chi connectivity index (χ0v) is 21.6. The van der Waals surface area contributed by atoms with Gasteiger partial charge in [0.2, 0.25) is 0 Å². The van der Waals surface area contributed by atoms with Gasteiger partial charge in [-0.15, -0.1) is 0 Å². The second-order valence-corrected chi connectivity index (χ2v) is 10.2. The van der Waals surface area contributed by atoms with E-state index in [-0.39, 0.29) is 34.8 Å². The monoisotopic (exact) mass is 521 g/mol. The minimum atomic E-state index is -4.31. The summed E-state index contributed by atoms with van der Waals surface area (Å²) in [7, 11) is -2.87. The molecule has 0 atom stereocenters. The van der Waals surface area contributed by atoms with Crippen molar-refractivity contribution < 1.29 is 36.8 Å². The van der Waals surface area contributed by atoms with Gasteiger partial charge in [0.05, 0.1) is 13.1 Å². The Balaban J connectivity index is 1.85. The van der Waals surface area contributed by atoms with Crippen LogP contribution in [0.4, 0.5) is 0 Å². The lowest BCUT2D eigenvalue weighted by Gasteiger charge is -2.19. The van der Waals surface area contributed by atoms with Crippen molar-refractivity contribution in [3.8, 4) is 11.5 Å². The molecule has 0 unspecified atom stereocenters. The number of carbonyl (C=O) groups is 2. The number of cyclic esters (lactones) is 1. The van der Waals surface area contributed by atoms with Crippen LogP contribution >= 0.6 is 0 Å². The maximum absolute atomic E-state index is 13.2. The van der Waals surface area contributed by atoms with Gasteiger partial charge in [-0.1, -0.05) is 48.0 Å². The average Bonchev–Trinajstić information content (AvgIpc) is 3.24. The van der Waals surface area contributed by atoms with E-state index in [9.17, 15) is 23.1 Å². The molecule has 192 valence electrons. The van der Waals surface area contributed by atoms with Gasteiger partial charge in [-0.05, 0) is 56.0 Å². The Morgan fingerprint density at radius 3 is 2.43 bits per heavy atom. The average molecular weight is 522 g/mol. The van der Waals surface area contributed by atoms with Crippen molar-refractivity contribution in [2.45, 2.75) is 38.7 Å². The Bertz CT molecular complexity index is 1530. The van der Waals surface area contributed by atoms with E-state index in [0.29, 0.717) is 28.0 Å². The minimum absolute atomic E-state index is 0.0235. The Hall–Kier alpha value is -4.11. The third-order valence-corrected chi connectivity index (χ3v) is 7.51. The number of aryl methyl sites for hydroxylation is 2. The number of allylic oxidation sites excluding steroid dienone is 1. The highest BCUT2D eigenvalue weighted by Crippen LogP contribution is 2.43. The zero-order valence-electron chi connectivity index (χ0n) is 20.8. The Kier molecular flexibility index (Phi) is 7.09. The molecule has 1 aliphatic heterocycles. The number of benzene rings is 3. The highest BCUT2D eigenvalue weighted by molar-refractivity contribution is 7.87. The molecule has 0 bridgehead atoms. The van der Waals surface area contributed by atoms with E-state index in [2.05, 4.69) is 0 Å². The topological polar surface area (TPSA) is 119 Å². The summed E-state index contributed by atoms with van der Waals surface area (Å²) in [6.07, 6.45) is 3.34. The van der Waals surface area contributed by atoms with Gasteiger partial charge in [0.25, 0.3) is 0 Å². The number of ether oxygens (including phenoxy) is 2. The fourth-order valence-corrected chi connectivity index (χ4v) is 5.31. The number of esters is 1. The second-order valence-electron chi connectivity index (χ2n) is 8.68. The standard InChI is InChI=1S/C28H26O8S/c1-16-11-13-19(14-12-16)37(32,33)36-26-22(25(34-4)18(3)23-15-35-28(31)24(23)26)10-6-8-20-17(2)7-5-9-21(20)27(29)30/h5-9,11-14H,10,15H2,1-4H3,(H,29,30)/p-1/b8-6+. The van der Waals surface area contributed by atoms with Crippen LogP contribution in [-0.2, 0) is 27.9 Å². The summed E-state index contributed by atoms with van der Waals surface area (Å²) < 4.78 is 42.9. The first-order valence-electron chi connectivity index (χ1n) is 11.4. The van der Waals surface area contributed by atoms with Crippen molar-refractivity contribution in [2.24, 2.45) is 0 Å². The lowest BCUT2D eigenvalue weighted by molar-refractivity contribution is -0.255. The van der Waals surface area contributed by atoms with Crippen LogP contribution in [0.2, 0.25) is 0 Å². The smallest absolute Gasteiger partial charge is 0.342 e. The number of hydrogen-bond acceptors (Lipinski definition) is 8. The van der Waals surface area contributed by atoms with Crippen molar-refractivity contribution in [1.29, 1.82) is 0 Å². The van der Waals surface area contributed by atoms with Crippen LogP contribution in [-0.4, -0.2) is 27.5 Å². The molecule has 8 nitrogen and oxygen atoms in total. The first-order valence-corrected chi connectivity index (χ1v) is 12.8. The van der Waals surface area contributed by atoms with E-state index in [1.54, 1.807) is 50.3 Å². The van der Waals surface area contributed by atoms with Gasteiger partial charge in [-0.25, -0.2) is 4.79 Å². The quantitative estimate of drug-likeness (QED) is 0.325. The molecule has 0 radical (unpaired) electrons. The number of carboxylic acids is 1. The van der Waals surface area contributed by atoms with Gasteiger partial charge in [0.15, 0.2) is 5.75 Å². The SMILES string of the molecule is COc1c(C)c2c(c(OS(=O)(=O)c3ccc(C)cc3)c1C/C=C/c1c(C)cccc1C(=O)[O-])C(=O)OC2. The molecule has 0 aliphatic carbocycles. The van der Waals surface area contributed by atoms with E-state index in [4.69, 9.17) is 13.7 Å². The Morgan fingerprint density at radius 2 is 1.78 bits per heavy atom. The number of carbonyl (C=O) groups excluding carboxylic acids is 2. The molecule has 1 heterocycles. The summed E-state index contributed by atoms with van der Waals surface area (Å²) in [6, 6.07) is 11.0. The number of methoxy groups -OCH3 is 1. The van der Waals surface area contributed by atoms with Gasteiger partial charge < -0.3 is 23.6 Å². The molecule has 4 rings (SSSR count). The van der Waals surface area contributed by atoms with Crippen LogP contribution < -0.4 is 14.0 Å². The van der Waals surface area contributed by atoms with Crippen molar-refractivity contribution in [2.75, 3.05) is 7.11 Å². The summed E-state index contributed by atoms with van der Waals surface area (Å²) >= 11 is 0. The molecule has 0 fully saturated rings. The molecular formula is C28H25O8S-. The van der Waals surface area contributed by atoms with Crippen LogP contribution in [0.25, 0.3) is 6.08 Å². The first-order chi connectivity index (χ1) is 17.5. The number of aromatic carboxylic acids is 1. The minimum Gasteiger partial charge on any atom is -0.545 e. The maximum Gasteiger partial charge on any atom is 0.342 e. The molecule has 1 aliphatic rings. The van der Waals surface area contributed by atoms with E-state index < -0.39 is 22.1 Å². The second kappa shape index (κ2) is 10.1. The van der Waals surface area contributed by atoms with Crippen molar-refractivity contribution in [1.82, 2.24) is 0 Å². The van der Waals surface area contributed by atoms with E-state index >= 15 is 0 Å². The lowest BCUT2D eigenvalue weighted by Crippen LogP contribution is -2.23. The third kappa shape index (κ3) is 4.95. The lowest BCUT2D eigenvalue weighted by atomic mass is 9.94. The Morgan fingerprint density at radius 1 is 1.08 bits per heavy atom. The molecule has 0 aromatic heterocycles. The van der Waals surface area contributed by atoms with E-state index in [1.807, 2.05) is 6.92 Å². The summed E-state index contributed by atoms with van der Waals surface area (Å²) in [6.45, 7) is 5.31. The van der Waals surface area contributed by atoms with Crippen LogP contribution in [0.1, 0.15) is 54.1 Å². The Labute approximate surface area is 215 Å².